The fourth-order valence-electron chi connectivity index (χ4n) is 3.57. The fourth-order valence-corrected chi connectivity index (χ4v) is 5.94. The quantitative estimate of drug-likeness (QED) is 0.145. The molecule has 0 N–H and O–H groups in total. The van der Waals surface area contributed by atoms with Gasteiger partial charge in [0.15, 0.2) is 0 Å². The van der Waals surface area contributed by atoms with E-state index in [0.29, 0.717) is 54.0 Å². The van der Waals surface area contributed by atoms with Crippen LogP contribution in [-0.2, 0) is 9.47 Å². The molecule has 0 aromatic heterocycles. The summed E-state index contributed by atoms with van der Waals surface area (Å²) in [6.45, 7) is 4.10. The maximum atomic E-state index is 13.0. The molecule has 0 spiro atoms. The summed E-state index contributed by atoms with van der Waals surface area (Å²) in [5.41, 5.74) is 0.966. The van der Waals surface area contributed by atoms with E-state index in [-0.39, 0.29) is 5.97 Å². The Labute approximate surface area is 232 Å². The molecule has 0 saturated carbocycles. The fraction of sp³-hybridized carbons (Fsp3) is 0.250. The largest absolute Gasteiger partial charge is 0.461 e. The van der Waals surface area contributed by atoms with Gasteiger partial charge in [0.05, 0.1) is 24.3 Å². The number of ether oxygens (including phenoxy) is 3. The van der Waals surface area contributed by atoms with Gasteiger partial charge in [0.25, 0.3) is 0 Å². The number of hydrogen-bond acceptors (Lipinski definition) is 6. The first-order chi connectivity index (χ1) is 15.9. The van der Waals surface area contributed by atoms with Crippen molar-refractivity contribution in [3.05, 3.63) is 70.4 Å². The minimum Gasteiger partial charge on any atom is -0.461 e. The van der Waals surface area contributed by atoms with Crippen molar-refractivity contribution in [2.24, 2.45) is 0 Å². The highest BCUT2D eigenvalue weighted by Crippen LogP contribution is 2.31. The van der Waals surface area contributed by atoms with E-state index in [4.69, 9.17) is 14.2 Å². The lowest BCUT2D eigenvalue weighted by Gasteiger charge is -2.26. The van der Waals surface area contributed by atoms with Crippen molar-refractivity contribution in [1.29, 1.82) is 0 Å². The van der Waals surface area contributed by atoms with E-state index in [9.17, 15) is 9.59 Å². The maximum Gasteiger partial charge on any atom is 0.344 e. The van der Waals surface area contributed by atoms with Gasteiger partial charge in [0, 0.05) is 35.7 Å². The molecule has 0 amide bonds. The zero-order valence-electron chi connectivity index (χ0n) is 17.5. The third-order valence-electron chi connectivity index (χ3n) is 5.26. The Bertz CT molecular complexity index is 1190. The van der Waals surface area contributed by atoms with Crippen molar-refractivity contribution in [1.82, 2.24) is 4.90 Å². The number of hydrogen-bond donors (Lipinski definition) is 0. The van der Waals surface area contributed by atoms with E-state index >= 15 is 0 Å². The summed E-state index contributed by atoms with van der Waals surface area (Å²) in [5, 5.41) is 1.37. The second kappa shape index (κ2) is 11.6. The zero-order valence-corrected chi connectivity index (χ0v) is 24.0. The van der Waals surface area contributed by atoms with Crippen molar-refractivity contribution in [3.8, 4) is 5.75 Å². The van der Waals surface area contributed by atoms with E-state index in [1.54, 1.807) is 12.1 Å². The highest BCUT2D eigenvalue weighted by atomic mass is 127. The van der Waals surface area contributed by atoms with Crippen molar-refractivity contribution in [2.45, 2.75) is 0 Å². The van der Waals surface area contributed by atoms with Gasteiger partial charge in [-0.25, -0.2) is 9.59 Å². The highest BCUT2D eigenvalue weighted by Gasteiger charge is 2.20. The molecular weight excluding hydrogens is 763 g/mol. The van der Waals surface area contributed by atoms with Gasteiger partial charge in [-0.15, -0.1) is 0 Å². The zero-order chi connectivity index (χ0) is 23.4. The number of nitrogens with zero attached hydrogens (tertiary/aromatic N) is 1. The summed E-state index contributed by atoms with van der Waals surface area (Å²) >= 11 is 6.55. The molecule has 1 heterocycles. The van der Waals surface area contributed by atoms with Gasteiger partial charge in [0.2, 0.25) is 0 Å². The smallest absolute Gasteiger partial charge is 0.344 e. The minimum atomic E-state index is -0.429. The van der Waals surface area contributed by atoms with Gasteiger partial charge in [0.1, 0.15) is 12.4 Å². The van der Waals surface area contributed by atoms with Gasteiger partial charge in [-0.3, -0.25) is 4.90 Å². The van der Waals surface area contributed by atoms with Crippen LogP contribution in [0.15, 0.2) is 48.5 Å². The van der Waals surface area contributed by atoms with Crippen LogP contribution in [0.5, 0.6) is 5.75 Å². The second-order valence-corrected chi connectivity index (χ2v) is 10.9. The third kappa shape index (κ3) is 6.16. The molecule has 33 heavy (non-hydrogen) atoms. The third-order valence-corrected chi connectivity index (χ3v) is 8.93. The van der Waals surface area contributed by atoms with Gasteiger partial charge in [-0.2, -0.15) is 0 Å². The molecule has 3 aromatic rings. The van der Waals surface area contributed by atoms with Crippen LogP contribution >= 0.6 is 67.8 Å². The Morgan fingerprint density at radius 3 is 2.39 bits per heavy atom. The van der Waals surface area contributed by atoms with Gasteiger partial charge < -0.3 is 14.2 Å². The molecule has 1 fully saturated rings. The molecule has 1 aliphatic heterocycles. The summed E-state index contributed by atoms with van der Waals surface area (Å²) in [6.07, 6.45) is 0. The van der Waals surface area contributed by atoms with E-state index in [1.807, 2.05) is 36.4 Å². The summed E-state index contributed by atoms with van der Waals surface area (Å²) < 4.78 is 19.5. The molecule has 9 heteroatoms. The lowest BCUT2D eigenvalue weighted by Crippen LogP contribution is -2.38. The first kappa shape index (κ1) is 25.1. The first-order valence-electron chi connectivity index (χ1n) is 10.3. The number of carbonyl (C=O) groups excluding carboxylic acids is 2. The van der Waals surface area contributed by atoms with E-state index in [1.165, 1.54) is 0 Å². The Morgan fingerprint density at radius 1 is 0.909 bits per heavy atom. The Hall–Kier alpha value is -1.03. The van der Waals surface area contributed by atoms with Crippen molar-refractivity contribution in [2.75, 3.05) is 39.5 Å². The van der Waals surface area contributed by atoms with Gasteiger partial charge in [-0.05, 0) is 97.4 Å². The van der Waals surface area contributed by atoms with Crippen molar-refractivity contribution >= 4 is 90.5 Å². The lowest BCUT2D eigenvalue weighted by atomic mass is 10.0. The number of carbonyl (C=O) groups is 2. The molecule has 1 aliphatic rings. The molecule has 3 aromatic carbocycles. The molecule has 0 unspecified atom stereocenters. The second-order valence-electron chi connectivity index (χ2n) is 7.39. The Balaban J connectivity index is 1.53. The number of halogens is 3. The van der Waals surface area contributed by atoms with Crippen LogP contribution in [0.4, 0.5) is 0 Å². The summed E-state index contributed by atoms with van der Waals surface area (Å²) in [6, 6.07) is 14.5. The standard InChI is InChI=1S/C24H20I3NO5/c25-15-13-19(22(27)20(26)14-15)24(30)33-21-6-5-18(16-3-1-2-4-17(16)21)23(29)32-12-9-28-7-10-31-11-8-28/h1-6,13-14H,7-12H2. The highest BCUT2D eigenvalue weighted by molar-refractivity contribution is 14.1. The molecule has 0 aliphatic carbocycles. The van der Waals surface area contributed by atoms with Crippen LogP contribution in [-0.4, -0.2) is 56.3 Å². The van der Waals surface area contributed by atoms with Crippen LogP contribution in [0.2, 0.25) is 0 Å². The maximum absolute atomic E-state index is 13.0. The summed E-state index contributed by atoms with van der Waals surface area (Å²) in [5.74, 6) is -0.411. The summed E-state index contributed by atoms with van der Waals surface area (Å²) in [4.78, 5) is 28.0. The monoisotopic (exact) mass is 783 g/mol. The molecule has 172 valence electrons. The number of benzene rings is 3. The number of morpholine rings is 1. The van der Waals surface area contributed by atoms with Crippen LogP contribution in [0, 0.1) is 10.7 Å². The Morgan fingerprint density at radius 2 is 1.64 bits per heavy atom. The molecule has 0 atom stereocenters. The van der Waals surface area contributed by atoms with Crippen LogP contribution in [0.1, 0.15) is 20.7 Å². The SMILES string of the molecule is O=C(Oc1ccc(C(=O)OCCN2CCOCC2)c2ccccc12)c1cc(I)cc(I)c1I. The van der Waals surface area contributed by atoms with E-state index < -0.39 is 5.97 Å². The van der Waals surface area contributed by atoms with E-state index in [2.05, 4.69) is 72.7 Å². The topological polar surface area (TPSA) is 65.1 Å². The Kier molecular flexibility index (Phi) is 8.81. The van der Waals surface area contributed by atoms with Crippen LogP contribution < -0.4 is 4.74 Å². The number of fused-ring (bicyclic) bond motifs is 1. The molecular formula is C24H20I3NO5. The number of rotatable bonds is 6. The molecule has 6 nitrogen and oxygen atoms in total. The summed E-state index contributed by atoms with van der Waals surface area (Å²) in [7, 11) is 0. The molecule has 4 rings (SSSR count). The van der Waals surface area contributed by atoms with Crippen LogP contribution in [0.25, 0.3) is 10.8 Å². The van der Waals surface area contributed by atoms with Crippen molar-refractivity contribution in [3.63, 3.8) is 0 Å². The van der Waals surface area contributed by atoms with Gasteiger partial charge in [-0.1, -0.05) is 24.3 Å². The average molecular weight is 783 g/mol. The average Bonchev–Trinajstić information content (AvgIpc) is 2.82. The van der Waals surface area contributed by atoms with E-state index in [0.717, 1.165) is 23.8 Å². The predicted octanol–water partition coefficient (Wildman–Crippen LogP) is 5.36. The molecule has 0 bridgehead atoms. The minimum absolute atomic E-state index is 0.313. The first-order valence-corrected chi connectivity index (χ1v) is 13.5. The van der Waals surface area contributed by atoms with Gasteiger partial charge >= 0.3 is 11.9 Å². The predicted molar refractivity (Wildman–Crippen MR) is 151 cm³/mol. The molecule has 0 radical (unpaired) electrons. The lowest BCUT2D eigenvalue weighted by molar-refractivity contribution is 0.0196. The van der Waals surface area contributed by atoms with Crippen LogP contribution in [0.3, 0.4) is 0 Å². The molecule has 1 saturated heterocycles. The number of esters is 2. The van der Waals surface area contributed by atoms with Crippen molar-refractivity contribution < 1.29 is 23.8 Å². The normalized spacial score (nSPS) is 14.3.